The predicted octanol–water partition coefficient (Wildman–Crippen LogP) is 18.4. The molecule has 67 heavy (non-hydrogen) atoms. The summed E-state index contributed by atoms with van der Waals surface area (Å²) in [5.41, 5.74) is 0. The molecule has 0 saturated heterocycles. The van der Waals surface area contributed by atoms with Crippen LogP contribution in [0.3, 0.4) is 0 Å². The lowest BCUT2D eigenvalue weighted by molar-refractivity contribution is -0.143. The number of carbonyl (C=O) groups excluding carboxylic acids is 2. The van der Waals surface area contributed by atoms with Crippen LogP contribution in [0, 0.1) is 0 Å². The van der Waals surface area contributed by atoms with E-state index in [0.717, 1.165) is 70.6 Å². The zero-order valence-electron chi connectivity index (χ0n) is 44.9. The Balaban J connectivity index is 3.51. The highest BCUT2D eigenvalue weighted by Crippen LogP contribution is 2.16. The molecule has 0 aliphatic heterocycles. The van der Waals surface area contributed by atoms with Crippen LogP contribution in [-0.2, 0) is 14.3 Å². The van der Waals surface area contributed by atoms with Crippen molar-refractivity contribution in [3.8, 4) is 0 Å². The Morgan fingerprint density at radius 2 is 0.701 bits per heavy atom. The number of amides is 1. The van der Waals surface area contributed by atoms with E-state index in [-0.39, 0.29) is 18.5 Å². The molecule has 0 spiro atoms. The summed E-state index contributed by atoms with van der Waals surface area (Å²) in [5, 5.41) is 23.2. The molecule has 0 bridgehead atoms. The van der Waals surface area contributed by atoms with Crippen molar-refractivity contribution in [2.45, 2.75) is 328 Å². The van der Waals surface area contributed by atoms with Gasteiger partial charge in [0.15, 0.2) is 0 Å². The lowest BCUT2D eigenvalue weighted by Gasteiger charge is -2.20. The molecule has 2 atom stereocenters. The summed E-state index contributed by atoms with van der Waals surface area (Å²) in [5.74, 6) is -0.100. The number of ether oxygens (including phenoxy) is 1. The van der Waals surface area contributed by atoms with Gasteiger partial charge in [0.1, 0.15) is 0 Å². The van der Waals surface area contributed by atoms with Gasteiger partial charge in [0.2, 0.25) is 5.91 Å². The van der Waals surface area contributed by atoms with Crippen LogP contribution >= 0.6 is 0 Å². The Kier molecular flexibility index (Phi) is 55.0. The van der Waals surface area contributed by atoms with Gasteiger partial charge in [0.25, 0.3) is 0 Å². The van der Waals surface area contributed by atoms with Crippen molar-refractivity contribution in [2.75, 3.05) is 13.2 Å². The van der Waals surface area contributed by atoms with E-state index < -0.39 is 12.1 Å². The van der Waals surface area contributed by atoms with Crippen LogP contribution < -0.4 is 5.32 Å². The number of allylic oxidation sites excluding steroid dienone is 5. The van der Waals surface area contributed by atoms with Crippen LogP contribution in [0.4, 0.5) is 0 Å². The van der Waals surface area contributed by atoms with Crippen LogP contribution in [-0.4, -0.2) is 47.4 Å². The highest BCUT2D eigenvalue weighted by molar-refractivity contribution is 5.76. The standard InChI is InChI=1S/C61H115NO5/c1-3-5-7-9-11-13-15-17-19-21-22-23-25-29-33-37-41-45-49-53-59(64)58(57-63)62-60(65)54-50-46-42-38-34-30-26-24-28-32-36-40-44-48-52-56-67-61(66)55-51-47-43-39-35-31-27-20-18-16-14-12-10-8-6-4-2/h20,27-28,32,49,53,58-59,63-64H,3-19,21-26,29-31,33-48,50-52,54-57H2,1-2H3,(H,62,65)/b27-20-,32-28-,53-49+. The van der Waals surface area contributed by atoms with E-state index in [9.17, 15) is 19.8 Å². The van der Waals surface area contributed by atoms with Crippen molar-refractivity contribution >= 4 is 11.9 Å². The van der Waals surface area contributed by atoms with E-state index in [2.05, 4.69) is 43.5 Å². The highest BCUT2D eigenvalue weighted by atomic mass is 16.5. The largest absolute Gasteiger partial charge is 0.466 e. The predicted molar refractivity (Wildman–Crippen MR) is 292 cm³/mol. The molecule has 0 aromatic rings. The van der Waals surface area contributed by atoms with Crippen LogP contribution in [0.1, 0.15) is 316 Å². The molecule has 0 radical (unpaired) electrons. The molecule has 0 aliphatic rings. The maximum absolute atomic E-state index is 12.5. The SMILES string of the molecule is CCCCCCCCC/C=C\CCCCCCCC(=O)OCCCCCC/C=C\CCCCCCCCCC(=O)NC(CO)C(O)/C=C/CCCCCCCCCCCCCCCCCCC. The summed E-state index contributed by atoms with van der Waals surface area (Å²) in [6.45, 7) is 4.88. The summed E-state index contributed by atoms with van der Waals surface area (Å²) in [4.78, 5) is 24.5. The first-order valence-corrected chi connectivity index (χ1v) is 29.8. The second-order valence-electron chi connectivity index (χ2n) is 20.3. The first kappa shape index (κ1) is 65.1. The Labute approximate surface area is 417 Å². The minimum absolute atomic E-state index is 0.0185. The third-order valence-electron chi connectivity index (χ3n) is 13.6. The maximum atomic E-state index is 12.5. The molecule has 2 unspecified atom stereocenters. The van der Waals surface area contributed by atoms with Crippen LogP contribution in [0.15, 0.2) is 36.5 Å². The molecule has 6 nitrogen and oxygen atoms in total. The highest BCUT2D eigenvalue weighted by Gasteiger charge is 2.18. The zero-order valence-corrected chi connectivity index (χ0v) is 44.9. The third kappa shape index (κ3) is 53.3. The van der Waals surface area contributed by atoms with Crippen molar-refractivity contribution in [3.05, 3.63) is 36.5 Å². The molecular weight excluding hydrogens is 827 g/mol. The molecule has 0 saturated carbocycles. The minimum Gasteiger partial charge on any atom is -0.466 e. The fourth-order valence-electron chi connectivity index (χ4n) is 9.03. The Morgan fingerprint density at radius 3 is 1.06 bits per heavy atom. The van der Waals surface area contributed by atoms with Gasteiger partial charge in [-0.1, -0.05) is 256 Å². The molecule has 0 fully saturated rings. The number of aliphatic hydroxyl groups excluding tert-OH is 2. The fourth-order valence-corrected chi connectivity index (χ4v) is 9.03. The fraction of sp³-hybridized carbons (Fsp3) is 0.869. The third-order valence-corrected chi connectivity index (χ3v) is 13.6. The number of rotatable bonds is 55. The van der Waals surface area contributed by atoms with Gasteiger partial charge in [-0.3, -0.25) is 9.59 Å². The van der Waals surface area contributed by atoms with Crippen molar-refractivity contribution in [1.29, 1.82) is 0 Å². The van der Waals surface area contributed by atoms with E-state index in [1.807, 2.05) is 6.08 Å². The number of hydrogen-bond acceptors (Lipinski definition) is 5. The van der Waals surface area contributed by atoms with Gasteiger partial charge < -0.3 is 20.3 Å². The Morgan fingerprint density at radius 1 is 0.403 bits per heavy atom. The second-order valence-corrected chi connectivity index (χ2v) is 20.3. The molecular formula is C61H115NO5. The van der Waals surface area contributed by atoms with Crippen LogP contribution in [0.2, 0.25) is 0 Å². The average Bonchev–Trinajstić information content (AvgIpc) is 3.33. The normalized spacial score (nSPS) is 12.8. The van der Waals surface area contributed by atoms with E-state index in [4.69, 9.17) is 4.74 Å². The monoisotopic (exact) mass is 942 g/mol. The van der Waals surface area contributed by atoms with Gasteiger partial charge >= 0.3 is 5.97 Å². The summed E-state index contributed by atoms with van der Waals surface area (Å²) < 4.78 is 5.46. The number of hydrogen-bond donors (Lipinski definition) is 3. The minimum atomic E-state index is -0.856. The summed E-state index contributed by atoms with van der Waals surface area (Å²) in [6.07, 6.45) is 70.2. The van der Waals surface area contributed by atoms with Gasteiger partial charge in [0.05, 0.1) is 25.4 Å². The van der Waals surface area contributed by atoms with E-state index in [1.165, 1.54) is 218 Å². The molecule has 0 aliphatic carbocycles. The molecule has 0 heterocycles. The number of esters is 1. The summed E-state index contributed by atoms with van der Waals surface area (Å²) in [6, 6.07) is -0.640. The van der Waals surface area contributed by atoms with Crippen LogP contribution in [0.25, 0.3) is 0 Å². The van der Waals surface area contributed by atoms with Crippen molar-refractivity contribution < 1.29 is 24.5 Å². The van der Waals surface area contributed by atoms with E-state index in [0.29, 0.717) is 19.4 Å². The molecule has 3 N–H and O–H groups in total. The summed E-state index contributed by atoms with van der Waals surface area (Å²) in [7, 11) is 0. The topological polar surface area (TPSA) is 95.9 Å². The maximum Gasteiger partial charge on any atom is 0.305 e. The van der Waals surface area contributed by atoms with Gasteiger partial charge in [-0.05, 0) is 83.5 Å². The van der Waals surface area contributed by atoms with Gasteiger partial charge in [-0.2, -0.15) is 0 Å². The number of unbranched alkanes of at least 4 members (excludes halogenated alkanes) is 40. The van der Waals surface area contributed by atoms with E-state index >= 15 is 0 Å². The molecule has 1 amide bonds. The first-order chi connectivity index (χ1) is 33.0. The second kappa shape index (κ2) is 56.7. The summed E-state index contributed by atoms with van der Waals surface area (Å²) >= 11 is 0. The molecule has 6 heteroatoms. The van der Waals surface area contributed by atoms with E-state index in [1.54, 1.807) is 6.08 Å². The smallest absolute Gasteiger partial charge is 0.305 e. The zero-order chi connectivity index (χ0) is 48.6. The molecule has 394 valence electrons. The lowest BCUT2D eigenvalue weighted by Crippen LogP contribution is -2.45. The Hall–Kier alpha value is -1.92. The molecule has 0 rings (SSSR count). The quantitative estimate of drug-likeness (QED) is 0.0321. The first-order valence-electron chi connectivity index (χ1n) is 29.8. The average molecular weight is 943 g/mol. The van der Waals surface area contributed by atoms with Crippen molar-refractivity contribution in [1.82, 2.24) is 5.32 Å². The van der Waals surface area contributed by atoms with Gasteiger partial charge in [-0.25, -0.2) is 0 Å². The number of aliphatic hydroxyl groups is 2. The molecule has 0 aromatic carbocycles. The number of nitrogens with one attached hydrogen (secondary N) is 1. The number of carbonyl (C=O) groups is 2. The van der Waals surface area contributed by atoms with Gasteiger partial charge in [-0.15, -0.1) is 0 Å². The van der Waals surface area contributed by atoms with Gasteiger partial charge in [0, 0.05) is 12.8 Å². The van der Waals surface area contributed by atoms with Crippen molar-refractivity contribution in [2.24, 2.45) is 0 Å². The van der Waals surface area contributed by atoms with Crippen LogP contribution in [0.5, 0.6) is 0 Å². The molecule has 0 aromatic heterocycles. The lowest BCUT2D eigenvalue weighted by atomic mass is 10.0. The Bertz CT molecular complexity index is 1090. The van der Waals surface area contributed by atoms with Crippen molar-refractivity contribution in [3.63, 3.8) is 0 Å².